The van der Waals surface area contributed by atoms with Gasteiger partial charge in [-0.25, -0.2) is 8.42 Å². The highest BCUT2D eigenvalue weighted by Gasteiger charge is 2.18. The molecular formula is C14H22N2O2S2. The third kappa shape index (κ3) is 5.46. The number of hydrogen-bond donors (Lipinski definition) is 1. The first kappa shape index (κ1) is 16.9. The molecule has 4 nitrogen and oxygen atoms in total. The molecular weight excluding hydrogens is 292 g/mol. The lowest BCUT2D eigenvalue weighted by molar-refractivity contribution is 0.586. The van der Waals surface area contributed by atoms with E-state index in [2.05, 4.69) is 0 Å². The van der Waals surface area contributed by atoms with Crippen molar-refractivity contribution in [3.63, 3.8) is 0 Å². The number of thiocarbonyl (C=S) groups is 1. The molecule has 6 heteroatoms. The average Bonchev–Trinajstić information content (AvgIpc) is 2.39. The molecule has 1 aromatic rings. The Kier molecular flexibility index (Phi) is 6.42. The van der Waals surface area contributed by atoms with Crippen LogP contribution in [0.1, 0.15) is 20.3 Å². The largest absolute Gasteiger partial charge is 0.393 e. The Balaban J connectivity index is 2.76. The van der Waals surface area contributed by atoms with Gasteiger partial charge in [-0.3, -0.25) is 0 Å². The molecule has 0 unspecified atom stereocenters. The third-order valence-electron chi connectivity index (χ3n) is 3.11. The number of benzene rings is 1. The molecule has 0 bridgehead atoms. The van der Waals surface area contributed by atoms with Crippen LogP contribution in [0, 0.1) is 0 Å². The average molecular weight is 314 g/mol. The molecule has 0 heterocycles. The van der Waals surface area contributed by atoms with E-state index in [1.54, 1.807) is 13.8 Å². The van der Waals surface area contributed by atoms with E-state index in [0.29, 0.717) is 24.5 Å². The number of rotatable bonds is 8. The van der Waals surface area contributed by atoms with Crippen LogP contribution >= 0.6 is 12.2 Å². The summed E-state index contributed by atoms with van der Waals surface area (Å²) in [6.07, 6.45) is 0.575. The molecule has 112 valence electrons. The van der Waals surface area contributed by atoms with Crippen LogP contribution in [0.15, 0.2) is 30.3 Å². The Bertz CT molecular complexity index is 527. The van der Waals surface area contributed by atoms with Crippen LogP contribution in [0.2, 0.25) is 0 Å². The normalized spacial score (nSPS) is 11.6. The van der Waals surface area contributed by atoms with Gasteiger partial charge in [0.2, 0.25) is 0 Å². The number of anilines is 1. The molecule has 0 aromatic heterocycles. The Morgan fingerprint density at radius 2 is 1.85 bits per heavy atom. The van der Waals surface area contributed by atoms with Crippen LogP contribution in [-0.2, 0) is 9.84 Å². The van der Waals surface area contributed by atoms with E-state index in [1.165, 1.54) is 0 Å². The quantitative estimate of drug-likeness (QED) is 0.744. The second-order valence-electron chi connectivity index (χ2n) is 4.95. The van der Waals surface area contributed by atoms with E-state index in [4.69, 9.17) is 18.0 Å². The Morgan fingerprint density at radius 1 is 1.25 bits per heavy atom. The van der Waals surface area contributed by atoms with Crippen molar-refractivity contribution >= 4 is 32.7 Å². The summed E-state index contributed by atoms with van der Waals surface area (Å²) >= 11 is 4.90. The van der Waals surface area contributed by atoms with Gasteiger partial charge < -0.3 is 10.6 Å². The molecule has 0 radical (unpaired) electrons. The molecule has 2 N–H and O–H groups in total. The lowest BCUT2D eigenvalue weighted by atomic mass is 10.2. The Hall–Kier alpha value is -1.14. The lowest BCUT2D eigenvalue weighted by Crippen LogP contribution is -2.33. The maximum Gasteiger partial charge on any atom is 0.154 e. The zero-order chi connectivity index (χ0) is 15.2. The second kappa shape index (κ2) is 7.59. The van der Waals surface area contributed by atoms with Crippen molar-refractivity contribution in [2.45, 2.75) is 25.5 Å². The molecule has 0 aliphatic heterocycles. The summed E-state index contributed by atoms with van der Waals surface area (Å²) in [7, 11) is -3.05. The Labute approximate surface area is 126 Å². The highest BCUT2D eigenvalue weighted by Crippen LogP contribution is 2.14. The van der Waals surface area contributed by atoms with Gasteiger partial charge in [0.15, 0.2) is 9.84 Å². The van der Waals surface area contributed by atoms with Gasteiger partial charge in [-0.15, -0.1) is 0 Å². The minimum atomic E-state index is -3.05. The molecule has 0 spiro atoms. The monoisotopic (exact) mass is 314 g/mol. The highest BCUT2D eigenvalue weighted by molar-refractivity contribution is 7.92. The van der Waals surface area contributed by atoms with Crippen LogP contribution in [-0.4, -0.2) is 37.5 Å². The van der Waals surface area contributed by atoms with E-state index in [1.807, 2.05) is 35.2 Å². The van der Waals surface area contributed by atoms with Gasteiger partial charge in [-0.1, -0.05) is 30.4 Å². The van der Waals surface area contributed by atoms with E-state index in [9.17, 15) is 8.42 Å². The molecule has 1 rings (SSSR count). The zero-order valence-electron chi connectivity index (χ0n) is 12.0. The molecule has 20 heavy (non-hydrogen) atoms. The fraction of sp³-hybridized carbons (Fsp3) is 0.500. The van der Waals surface area contributed by atoms with Crippen LogP contribution in [0.3, 0.4) is 0 Å². The summed E-state index contributed by atoms with van der Waals surface area (Å²) in [4.78, 5) is 2.46. The van der Waals surface area contributed by atoms with Crippen LogP contribution in [0.5, 0.6) is 0 Å². The van der Waals surface area contributed by atoms with Gasteiger partial charge in [-0.05, 0) is 26.0 Å². The standard InChI is InChI=1S/C14H22N2O2S2/c1-12(2)20(17,18)11-10-16(9-8-14(15)19)13-6-4-3-5-7-13/h3-7,12H,8-11H2,1-2H3,(H2,15,19). The molecule has 0 atom stereocenters. The van der Waals surface area contributed by atoms with Crippen molar-refractivity contribution in [2.24, 2.45) is 5.73 Å². The van der Waals surface area contributed by atoms with E-state index < -0.39 is 9.84 Å². The van der Waals surface area contributed by atoms with Crippen molar-refractivity contribution in [3.8, 4) is 0 Å². The fourth-order valence-corrected chi connectivity index (χ4v) is 2.76. The summed E-state index contributed by atoms with van der Waals surface area (Å²) in [5.41, 5.74) is 6.52. The van der Waals surface area contributed by atoms with Crippen molar-refractivity contribution in [3.05, 3.63) is 30.3 Å². The van der Waals surface area contributed by atoms with E-state index in [0.717, 1.165) is 5.69 Å². The molecule has 0 aliphatic carbocycles. The number of sulfone groups is 1. The molecule has 0 saturated carbocycles. The predicted molar refractivity (Wildman–Crippen MR) is 89.0 cm³/mol. The smallest absolute Gasteiger partial charge is 0.154 e. The third-order valence-corrected chi connectivity index (χ3v) is 5.51. The molecule has 0 amide bonds. The van der Waals surface area contributed by atoms with Gasteiger partial charge >= 0.3 is 0 Å². The van der Waals surface area contributed by atoms with Crippen LogP contribution in [0.25, 0.3) is 0 Å². The van der Waals surface area contributed by atoms with Gasteiger partial charge in [-0.2, -0.15) is 0 Å². The highest BCUT2D eigenvalue weighted by atomic mass is 32.2. The van der Waals surface area contributed by atoms with Gasteiger partial charge in [0, 0.05) is 25.2 Å². The first-order valence-corrected chi connectivity index (χ1v) is 8.75. The summed E-state index contributed by atoms with van der Waals surface area (Å²) in [5, 5.41) is -0.351. The van der Waals surface area contributed by atoms with E-state index >= 15 is 0 Å². The molecule has 0 saturated heterocycles. The van der Waals surface area contributed by atoms with Gasteiger partial charge in [0.05, 0.1) is 16.0 Å². The predicted octanol–water partition coefficient (Wildman–Crippen LogP) is 1.99. The number of nitrogens with two attached hydrogens (primary N) is 1. The van der Waals surface area contributed by atoms with Crippen molar-refractivity contribution in [1.82, 2.24) is 0 Å². The molecule has 1 aromatic carbocycles. The van der Waals surface area contributed by atoms with Gasteiger partial charge in [0.1, 0.15) is 0 Å². The molecule has 0 fully saturated rings. The lowest BCUT2D eigenvalue weighted by Gasteiger charge is -2.25. The number of hydrogen-bond acceptors (Lipinski definition) is 4. The SMILES string of the molecule is CC(C)S(=O)(=O)CCN(CCC(N)=S)c1ccccc1. The summed E-state index contributed by atoms with van der Waals surface area (Å²) in [6, 6.07) is 9.71. The maximum absolute atomic E-state index is 11.9. The van der Waals surface area contributed by atoms with Crippen molar-refractivity contribution in [1.29, 1.82) is 0 Å². The number of nitrogens with zero attached hydrogens (tertiary/aromatic N) is 1. The summed E-state index contributed by atoms with van der Waals surface area (Å²) < 4.78 is 23.9. The topological polar surface area (TPSA) is 63.4 Å². The van der Waals surface area contributed by atoms with Crippen LogP contribution < -0.4 is 10.6 Å². The van der Waals surface area contributed by atoms with E-state index in [-0.39, 0.29) is 11.0 Å². The number of para-hydroxylation sites is 1. The minimum absolute atomic E-state index is 0.136. The first-order valence-electron chi connectivity index (χ1n) is 6.63. The fourth-order valence-electron chi connectivity index (χ4n) is 1.73. The maximum atomic E-state index is 11.9. The first-order chi connectivity index (χ1) is 9.33. The minimum Gasteiger partial charge on any atom is -0.393 e. The summed E-state index contributed by atoms with van der Waals surface area (Å²) in [6.45, 7) is 4.49. The van der Waals surface area contributed by atoms with Crippen molar-refractivity contribution < 1.29 is 8.42 Å². The second-order valence-corrected chi connectivity index (χ2v) is 8.16. The Morgan fingerprint density at radius 3 is 2.35 bits per heavy atom. The van der Waals surface area contributed by atoms with Crippen LogP contribution in [0.4, 0.5) is 5.69 Å². The molecule has 0 aliphatic rings. The van der Waals surface area contributed by atoms with Gasteiger partial charge in [0.25, 0.3) is 0 Å². The zero-order valence-corrected chi connectivity index (χ0v) is 13.6. The van der Waals surface area contributed by atoms with Crippen molar-refractivity contribution in [2.75, 3.05) is 23.7 Å². The summed E-state index contributed by atoms with van der Waals surface area (Å²) in [5.74, 6) is 0.136.